The molecule has 12 nitrogen and oxygen atoms in total. The van der Waals surface area contributed by atoms with Crippen LogP contribution in [0.1, 0.15) is 83.4 Å². The molecule has 282 valence electrons. The average molecular weight is 724 g/mol. The second-order valence-electron chi connectivity index (χ2n) is 14.8. The number of ether oxygens (including phenoxy) is 2. The highest BCUT2D eigenvalue weighted by Crippen LogP contribution is 2.40. The zero-order chi connectivity index (χ0) is 37.6. The van der Waals surface area contributed by atoms with Crippen molar-refractivity contribution in [3.05, 3.63) is 72.6 Å². The summed E-state index contributed by atoms with van der Waals surface area (Å²) in [4.78, 5) is 59.2. The van der Waals surface area contributed by atoms with Gasteiger partial charge in [-0.2, -0.15) is 0 Å². The number of hydrogen-bond acceptors (Lipinski definition) is 7. The van der Waals surface area contributed by atoms with Crippen LogP contribution in [0.3, 0.4) is 0 Å². The maximum atomic E-state index is 13.6. The molecule has 2 aromatic heterocycles. The van der Waals surface area contributed by atoms with Crippen LogP contribution in [0.5, 0.6) is 0 Å². The van der Waals surface area contributed by atoms with Gasteiger partial charge in [0.15, 0.2) is 0 Å². The van der Waals surface area contributed by atoms with E-state index in [2.05, 4.69) is 82.6 Å². The summed E-state index contributed by atoms with van der Waals surface area (Å²) in [6.45, 7) is 9.67. The van der Waals surface area contributed by atoms with Gasteiger partial charge < -0.3 is 34.6 Å². The second kappa shape index (κ2) is 16.8. The molecule has 1 saturated heterocycles. The predicted molar refractivity (Wildman–Crippen MR) is 204 cm³/mol. The minimum Gasteiger partial charge on any atom is -0.453 e. The van der Waals surface area contributed by atoms with Gasteiger partial charge in [0.05, 0.1) is 43.5 Å². The summed E-state index contributed by atoms with van der Waals surface area (Å²) in [5, 5.41) is 2.70. The molecule has 6 rings (SSSR count). The standard InChI is InChI=1S/C41H53N7O5/c1-25(2)36(46-41(51)53-6)40(50)48-20-8-11-35(48)38-43-24-34(45-38)30-18-14-28(15-19-30)27-12-16-29(17-13-27)33-23-42-37(44-33)31-9-7-10-32(31)39(49)47(26(3)4)21-22-52-5/h12-19,23-26,31-32,35-36H,7-11,20-22H2,1-6H3,(H,42,44)(H,43,45)(H,46,51)/t31-,32-,35+,36+/m1/s1. The first kappa shape index (κ1) is 37.8. The van der Waals surface area contributed by atoms with Crippen LogP contribution in [-0.2, 0) is 19.1 Å². The van der Waals surface area contributed by atoms with Gasteiger partial charge in [0.2, 0.25) is 11.8 Å². The summed E-state index contributed by atoms with van der Waals surface area (Å²) in [6, 6.07) is 16.0. The van der Waals surface area contributed by atoms with Gasteiger partial charge in [-0.05, 0) is 67.7 Å². The lowest BCUT2D eigenvalue weighted by Crippen LogP contribution is -2.51. The second-order valence-corrected chi connectivity index (χ2v) is 14.8. The molecule has 4 aromatic rings. The Morgan fingerprint density at radius 3 is 1.98 bits per heavy atom. The Balaban J connectivity index is 1.10. The number of aromatic nitrogens is 4. The molecule has 0 radical (unpaired) electrons. The highest BCUT2D eigenvalue weighted by molar-refractivity contribution is 5.86. The summed E-state index contributed by atoms with van der Waals surface area (Å²) < 4.78 is 10.0. The van der Waals surface area contributed by atoms with Crippen LogP contribution in [0, 0.1) is 11.8 Å². The number of imidazole rings is 2. The van der Waals surface area contributed by atoms with E-state index in [9.17, 15) is 14.4 Å². The molecule has 3 N–H and O–H groups in total. The van der Waals surface area contributed by atoms with E-state index in [4.69, 9.17) is 14.5 Å². The van der Waals surface area contributed by atoms with Crippen molar-refractivity contribution < 1.29 is 23.9 Å². The smallest absolute Gasteiger partial charge is 0.407 e. The maximum absolute atomic E-state index is 13.6. The quantitative estimate of drug-likeness (QED) is 0.135. The molecule has 4 atom stereocenters. The summed E-state index contributed by atoms with van der Waals surface area (Å²) in [5.74, 6) is 1.60. The molecule has 0 spiro atoms. The molecule has 1 saturated carbocycles. The zero-order valence-corrected chi connectivity index (χ0v) is 31.7. The fourth-order valence-corrected chi connectivity index (χ4v) is 7.81. The van der Waals surface area contributed by atoms with Crippen LogP contribution in [0.15, 0.2) is 60.9 Å². The maximum Gasteiger partial charge on any atom is 0.407 e. The Kier molecular flexibility index (Phi) is 12.0. The lowest BCUT2D eigenvalue weighted by atomic mass is 9.93. The van der Waals surface area contributed by atoms with Crippen LogP contribution in [-0.4, -0.2) is 93.6 Å². The van der Waals surface area contributed by atoms with E-state index in [1.807, 2.05) is 36.0 Å². The van der Waals surface area contributed by atoms with E-state index >= 15 is 0 Å². The summed E-state index contributed by atoms with van der Waals surface area (Å²) in [7, 11) is 2.96. The summed E-state index contributed by atoms with van der Waals surface area (Å²) in [6.07, 6.45) is 7.57. The molecule has 2 aliphatic rings. The van der Waals surface area contributed by atoms with Crippen molar-refractivity contribution in [2.75, 3.05) is 33.9 Å². The molecule has 2 aromatic carbocycles. The van der Waals surface area contributed by atoms with Gasteiger partial charge in [-0.3, -0.25) is 9.59 Å². The fourth-order valence-electron chi connectivity index (χ4n) is 7.81. The van der Waals surface area contributed by atoms with Crippen molar-refractivity contribution in [1.29, 1.82) is 0 Å². The largest absolute Gasteiger partial charge is 0.453 e. The van der Waals surface area contributed by atoms with Crippen molar-refractivity contribution in [3.63, 3.8) is 0 Å². The molecular weight excluding hydrogens is 670 g/mol. The van der Waals surface area contributed by atoms with E-state index in [0.29, 0.717) is 19.7 Å². The van der Waals surface area contributed by atoms with Crippen molar-refractivity contribution in [2.24, 2.45) is 11.8 Å². The molecule has 1 aliphatic carbocycles. The minimum atomic E-state index is -0.675. The number of amides is 3. The van der Waals surface area contributed by atoms with E-state index in [1.165, 1.54) is 7.11 Å². The molecule has 0 unspecified atom stereocenters. The first-order valence-electron chi connectivity index (χ1n) is 18.8. The number of H-pyrrole nitrogens is 2. The molecule has 1 aliphatic heterocycles. The van der Waals surface area contributed by atoms with Crippen molar-refractivity contribution in [2.45, 2.75) is 83.8 Å². The van der Waals surface area contributed by atoms with Crippen LogP contribution in [0.2, 0.25) is 0 Å². The molecular formula is C41H53N7O5. The van der Waals surface area contributed by atoms with Crippen LogP contribution in [0.25, 0.3) is 33.6 Å². The third-order valence-corrected chi connectivity index (χ3v) is 10.8. The Hall–Kier alpha value is -4.97. The third-order valence-electron chi connectivity index (χ3n) is 10.8. The number of nitrogens with zero attached hydrogens (tertiary/aromatic N) is 4. The number of alkyl carbamates (subject to hydrolysis) is 1. The normalized spacial score (nSPS) is 19.2. The average Bonchev–Trinajstić information content (AvgIpc) is 4.00. The van der Waals surface area contributed by atoms with Gasteiger partial charge in [-0.15, -0.1) is 0 Å². The van der Waals surface area contributed by atoms with Gasteiger partial charge in [0, 0.05) is 38.1 Å². The highest BCUT2D eigenvalue weighted by Gasteiger charge is 2.39. The van der Waals surface area contributed by atoms with Gasteiger partial charge in [-0.1, -0.05) is 68.8 Å². The highest BCUT2D eigenvalue weighted by atomic mass is 16.5. The molecule has 53 heavy (non-hydrogen) atoms. The minimum absolute atomic E-state index is 0.0760. The topological polar surface area (TPSA) is 146 Å². The van der Waals surface area contributed by atoms with Crippen molar-refractivity contribution in [1.82, 2.24) is 35.1 Å². The zero-order valence-electron chi connectivity index (χ0n) is 31.7. The first-order valence-corrected chi connectivity index (χ1v) is 18.8. The van der Waals surface area contributed by atoms with E-state index in [0.717, 1.165) is 77.4 Å². The van der Waals surface area contributed by atoms with Crippen molar-refractivity contribution in [3.8, 4) is 33.6 Å². The Bertz CT molecular complexity index is 1850. The number of likely N-dealkylation sites (tertiary alicyclic amines) is 1. The summed E-state index contributed by atoms with van der Waals surface area (Å²) >= 11 is 0. The SMILES string of the molecule is COCCN(C(=O)[C@@H]1CCC[C@H]1c1ncc(-c2ccc(-c3ccc(-c4cnc([C@@H]5CCCN5C(=O)[C@@H](NC(=O)OC)C(C)C)[nH]4)cc3)cc2)[nH]1)C(C)C. The first-order chi connectivity index (χ1) is 25.6. The number of carbonyl (C=O) groups is 3. The van der Waals surface area contributed by atoms with Crippen molar-refractivity contribution >= 4 is 17.9 Å². The third kappa shape index (κ3) is 8.32. The van der Waals surface area contributed by atoms with Crippen LogP contribution in [0.4, 0.5) is 4.79 Å². The van der Waals surface area contributed by atoms with E-state index in [-0.39, 0.29) is 41.7 Å². The number of rotatable bonds is 13. The number of carbonyl (C=O) groups excluding carboxylic acids is 3. The Labute approximate surface area is 312 Å². The molecule has 0 bridgehead atoms. The van der Waals surface area contributed by atoms with Gasteiger partial charge in [0.1, 0.15) is 17.7 Å². The molecule has 12 heteroatoms. The Morgan fingerprint density at radius 2 is 1.42 bits per heavy atom. The van der Waals surface area contributed by atoms with E-state index in [1.54, 1.807) is 7.11 Å². The number of nitrogens with one attached hydrogen (secondary N) is 3. The summed E-state index contributed by atoms with van der Waals surface area (Å²) in [5.41, 5.74) is 6.04. The number of methoxy groups -OCH3 is 2. The fraction of sp³-hybridized carbons (Fsp3) is 0.488. The molecule has 2 fully saturated rings. The van der Waals surface area contributed by atoms with Gasteiger partial charge in [-0.25, -0.2) is 14.8 Å². The van der Waals surface area contributed by atoms with Crippen LogP contribution >= 0.6 is 0 Å². The van der Waals surface area contributed by atoms with E-state index < -0.39 is 12.1 Å². The van der Waals surface area contributed by atoms with Crippen LogP contribution < -0.4 is 5.32 Å². The monoisotopic (exact) mass is 723 g/mol. The predicted octanol–water partition coefficient (Wildman–Crippen LogP) is 6.95. The van der Waals surface area contributed by atoms with Gasteiger partial charge >= 0.3 is 6.09 Å². The lowest BCUT2D eigenvalue weighted by Gasteiger charge is -2.31. The molecule has 3 amide bonds. The number of hydrogen-bond donors (Lipinski definition) is 3. The lowest BCUT2D eigenvalue weighted by molar-refractivity contribution is -0.138. The Morgan fingerprint density at radius 1 is 0.830 bits per heavy atom. The molecule has 3 heterocycles. The number of benzene rings is 2. The van der Waals surface area contributed by atoms with Gasteiger partial charge in [0.25, 0.3) is 0 Å². The number of aromatic amines is 2.